The topological polar surface area (TPSA) is 119 Å². The second kappa shape index (κ2) is 8.09. The van der Waals surface area contributed by atoms with Crippen molar-refractivity contribution < 1.29 is 23.1 Å². The molecule has 6 N–H and O–H groups in total. The smallest absolute Gasteiger partial charge is 0.426 e. The number of urea groups is 1. The summed E-state index contributed by atoms with van der Waals surface area (Å²) in [7, 11) is 0. The van der Waals surface area contributed by atoms with E-state index in [9.17, 15) is 18.4 Å². The number of hydrogen-bond donors (Lipinski definition) is 4. The second-order valence-corrected chi connectivity index (χ2v) is 5.51. The molecular formula is C16H15ClF2N4O3. The minimum Gasteiger partial charge on any atom is -0.430 e. The van der Waals surface area contributed by atoms with Gasteiger partial charge in [0.25, 0.3) is 5.91 Å². The van der Waals surface area contributed by atoms with Gasteiger partial charge in [-0.25, -0.2) is 4.79 Å². The van der Waals surface area contributed by atoms with E-state index in [-0.39, 0.29) is 22.0 Å². The molecule has 0 saturated heterocycles. The van der Waals surface area contributed by atoms with E-state index in [1.54, 1.807) is 12.1 Å². The minimum atomic E-state index is -3.74. The summed E-state index contributed by atoms with van der Waals surface area (Å²) in [4.78, 5) is 23.8. The summed E-state index contributed by atoms with van der Waals surface area (Å²) >= 11 is 5.87. The van der Waals surface area contributed by atoms with Crippen LogP contribution in [0.15, 0.2) is 48.5 Å². The number of benzene rings is 2. The van der Waals surface area contributed by atoms with Gasteiger partial charge < -0.3 is 21.5 Å². The van der Waals surface area contributed by atoms with Crippen LogP contribution < -0.4 is 26.8 Å². The number of anilines is 1. The van der Waals surface area contributed by atoms with E-state index >= 15 is 0 Å². The highest BCUT2D eigenvalue weighted by molar-refractivity contribution is 6.34. The molecule has 0 aliphatic heterocycles. The van der Waals surface area contributed by atoms with Crippen LogP contribution in [-0.4, -0.2) is 24.2 Å². The first-order valence-electron chi connectivity index (χ1n) is 7.24. The number of halogens is 3. The zero-order chi connectivity index (χ0) is 19.3. The van der Waals surface area contributed by atoms with Gasteiger partial charge in [0.2, 0.25) is 0 Å². The zero-order valence-corrected chi connectivity index (χ0v) is 14.0. The van der Waals surface area contributed by atoms with Gasteiger partial charge in [-0.15, -0.1) is 0 Å². The Morgan fingerprint density at radius 3 is 2.27 bits per heavy atom. The van der Waals surface area contributed by atoms with E-state index in [4.69, 9.17) is 23.1 Å². The van der Waals surface area contributed by atoms with Crippen LogP contribution in [0.5, 0.6) is 5.75 Å². The first kappa shape index (κ1) is 19.6. The molecule has 0 radical (unpaired) electrons. The van der Waals surface area contributed by atoms with Crippen molar-refractivity contribution in [1.82, 2.24) is 5.32 Å². The summed E-state index contributed by atoms with van der Waals surface area (Å²) in [5.41, 5.74) is 10.2. The van der Waals surface area contributed by atoms with Gasteiger partial charge in [0.1, 0.15) is 5.75 Å². The lowest BCUT2D eigenvalue weighted by molar-refractivity contribution is -0.190. The van der Waals surface area contributed by atoms with Gasteiger partial charge in [0.15, 0.2) is 6.17 Å². The van der Waals surface area contributed by atoms with Crippen LogP contribution >= 0.6 is 11.6 Å². The molecule has 0 saturated carbocycles. The van der Waals surface area contributed by atoms with Crippen LogP contribution in [0, 0.1) is 0 Å². The highest BCUT2D eigenvalue weighted by Gasteiger charge is 2.37. The summed E-state index contributed by atoms with van der Waals surface area (Å²) < 4.78 is 30.9. The number of imide groups is 1. The molecule has 0 heterocycles. The predicted octanol–water partition coefficient (Wildman–Crippen LogP) is 2.52. The van der Waals surface area contributed by atoms with Crippen LogP contribution in [0.4, 0.5) is 19.3 Å². The van der Waals surface area contributed by atoms with Gasteiger partial charge in [-0.2, -0.15) is 8.78 Å². The summed E-state index contributed by atoms with van der Waals surface area (Å²) in [6.45, 7) is 0. The maximum absolute atomic E-state index is 13.3. The number of carbonyl (C=O) groups is 2. The molecule has 2 aromatic rings. The standard InChI is InChI=1S/C16H15ClF2N4O3/c17-12-4-2-1-3-11(12)13(24)23-15(25)22-9-5-7-10(8-6-9)26-16(18,19)14(20)21/h1-8,14H,20-21H2,(H2,22,23,24,25). The molecule has 3 amide bonds. The molecule has 0 spiro atoms. The molecule has 0 atom stereocenters. The van der Waals surface area contributed by atoms with Crippen molar-refractivity contribution in [2.75, 3.05) is 5.32 Å². The monoisotopic (exact) mass is 384 g/mol. The van der Waals surface area contributed by atoms with Gasteiger partial charge in [0, 0.05) is 5.69 Å². The highest BCUT2D eigenvalue weighted by Crippen LogP contribution is 2.24. The van der Waals surface area contributed by atoms with Gasteiger partial charge >= 0.3 is 12.1 Å². The van der Waals surface area contributed by atoms with E-state index in [0.717, 1.165) is 0 Å². The molecular weight excluding hydrogens is 370 g/mol. The molecule has 0 unspecified atom stereocenters. The van der Waals surface area contributed by atoms with Crippen LogP contribution in [0.25, 0.3) is 0 Å². The third kappa shape index (κ3) is 5.12. The lowest BCUT2D eigenvalue weighted by Crippen LogP contribution is -2.51. The molecule has 138 valence electrons. The average Bonchev–Trinajstić information content (AvgIpc) is 2.56. The molecule has 0 fully saturated rings. The Hall–Kier alpha value is -2.75. The van der Waals surface area contributed by atoms with Crippen molar-refractivity contribution in [3.63, 3.8) is 0 Å². The van der Waals surface area contributed by atoms with Crippen molar-refractivity contribution in [2.45, 2.75) is 12.3 Å². The van der Waals surface area contributed by atoms with E-state index in [0.29, 0.717) is 0 Å². The SMILES string of the molecule is NC(N)C(F)(F)Oc1ccc(NC(=O)NC(=O)c2ccccc2Cl)cc1. The molecule has 0 aliphatic carbocycles. The number of amides is 3. The maximum Gasteiger partial charge on any atom is 0.426 e. The number of hydrogen-bond acceptors (Lipinski definition) is 5. The van der Waals surface area contributed by atoms with Crippen LogP contribution in [0.3, 0.4) is 0 Å². The molecule has 0 aromatic heterocycles. The van der Waals surface area contributed by atoms with E-state index in [2.05, 4.69) is 15.4 Å². The number of ether oxygens (including phenoxy) is 1. The summed E-state index contributed by atoms with van der Waals surface area (Å²) in [6, 6.07) is 10.3. The van der Waals surface area contributed by atoms with E-state index in [1.807, 2.05) is 0 Å². The van der Waals surface area contributed by atoms with Crippen LogP contribution in [-0.2, 0) is 0 Å². The van der Waals surface area contributed by atoms with E-state index < -0.39 is 24.2 Å². The second-order valence-electron chi connectivity index (χ2n) is 5.10. The van der Waals surface area contributed by atoms with Crippen molar-refractivity contribution in [1.29, 1.82) is 0 Å². The largest absolute Gasteiger partial charge is 0.430 e. The predicted molar refractivity (Wildman–Crippen MR) is 92.1 cm³/mol. The lowest BCUT2D eigenvalue weighted by atomic mass is 10.2. The van der Waals surface area contributed by atoms with Gasteiger partial charge in [-0.1, -0.05) is 23.7 Å². The summed E-state index contributed by atoms with van der Waals surface area (Å²) in [5.74, 6) is -0.890. The lowest BCUT2D eigenvalue weighted by Gasteiger charge is -2.20. The fourth-order valence-electron chi connectivity index (χ4n) is 1.81. The number of nitrogens with one attached hydrogen (secondary N) is 2. The van der Waals surface area contributed by atoms with Gasteiger partial charge in [-0.3, -0.25) is 10.1 Å². The van der Waals surface area contributed by atoms with Crippen molar-refractivity contribution >= 4 is 29.2 Å². The average molecular weight is 385 g/mol. The quantitative estimate of drug-likeness (QED) is 0.590. The molecule has 10 heteroatoms. The van der Waals surface area contributed by atoms with Gasteiger partial charge in [0.05, 0.1) is 10.6 Å². The van der Waals surface area contributed by atoms with Gasteiger partial charge in [-0.05, 0) is 36.4 Å². The Morgan fingerprint density at radius 1 is 1.08 bits per heavy atom. The summed E-state index contributed by atoms with van der Waals surface area (Å²) in [5, 5.41) is 4.66. The summed E-state index contributed by atoms with van der Waals surface area (Å²) in [6.07, 6.45) is -5.73. The minimum absolute atomic E-state index is 0.133. The number of nitrogens with two attached hydrogens (primary N) is 2. The molecule has 7 nitrogen and oxygen atoms in total. The Balaban J connectivity index is 1.95. The number of alkyl halides is 2. The van der Waals surface area contributed by atoms with Crippen molar-refractivity contribution in [3.8, 4) is 5.75 Å². The third-order valence-electron chi connectivity index (χ3n) is 3.10. The first-order valence-corrected chi connectivity index (χ1v) is 7.62. The molecule has 2 aromatic carbocycles. The first-order chi connectivity index (χ1) is 12.2. The van der Waals surface area contributed by atoms with Crippen molar-refractivity contribution in [2.24, 2.45) is 11.5 Å². The normalized spacial score (nSPS) is 11.2. The fourth-order valence-corrected chi connectivity index (χ4v) is 2.03. The number of rotatable bonds is 5. The Kier molecular flexibility index (Phi) is 6.09. The van der Waals surface area contributed by atoms with Crippen molar-refractivity contribution in [3.05, 3.63) is 59.1 Å². The molecule has 0 aliphatic rings. The molecule has 0 bridgehead atoms. The number of carbonyl (C=O) groups excluding carboxylic acids is 2. The Bertz CT molecular complexity index is 800. The van der Waals surface area contributed by atoms with E-state index in [1.165, 1.54) is 36.4 Å². The Labute approximate surface area is 152 Å². The zero-order valence-electron chi connectivity index (χ0n) is 13.2. The van der Waals surface area contributed by atoms with Crippen LogP contribution in [0.1, 0.15) is 10.4 Å². The third-order valence-corrected chi connectivity index (χ3v) is 3.43. The highest BCUT2D eigenvalue weighted by atomic mass is 35.5. The maximum atomic E-state index is 13.3. The van der Waals surface area contributed by atoms with Crippen LogP contribution in [0.2, 0.25) is 5.02 Å². The Morgan fingerprint density at radius 2 is 1.69 bits per heavy atom. The fraction of sp³-hybridized carbons (Fsp3) is 0.125. The molecule has 2 rings (SSSR count). The molecule has 26 heavy (non-hydrogen) atoms.